The molecular formula is C17H14FN3OS2. The average Bonchev–Trinajstić information content (AvgIpc) is 2.85. The summed E-state index contributed by atoms with van der Waals surface area (Å²) in [5, 5.41) is 2.53. The highest BCUT2D eigenvalue weighted by Crippen LogP contribution is 2.28. The van der Waals surface area contributed by atoms with Crippen molar-refractivity contribution in [3.05, 3.63) is 68.7 Å². The van der Waals surface area contributed by atoms with Gasteiger partial charge in [-0.3, -0.25) is 9.36 Å². The summed E-state index contributed by atoms with van der Waals surface area (Å²) in [6.07, 6.45) is 0. The Labute approximate surface area is 147 Å². The summed E-state index contributed by atoms with van der Waals surface area (Å²) < 4.78 is 15.8. The number of aryl methyl sites for hydroxylation is 1. The Balaban J connectivity index is 2.01. The van der Waals surface area contributed by atoms with Crippen molar-refractivity contribution in [3.63, 3.8) is 0 Å². The lowest BCUT2D eigenvalue weighted by Crippen LogP contribution is -2.14. The van der Waals surface area contributed by atoms with Crippen LogP contribution in [0.3, 0.4) is 0 Å². The summed E-state index contributed by atoms with van der Waals surface area (Å²) in [5.41, 5.74) is 8.06. The summed E-state index contributed by atoms with van der Waals surface area (Å²) in [6.45, 7) is 1.94. The topological polar surface area (TPSA) is 60.0 Å². The van der Waals surface area contributed by atoms with Gasteiger partial charge < -0.3 is 11.1 Å². The molecule has 0 bridgehead atoms. The number of nitrogens with zero attached hydrogens (tertiary/aromatic N) is 1. The zero-order valence-electron chi connectivity index (χ0n) is 12.7. The molecule has 3 aromatic rings. The van der Waals surface area contributed by atoms with Crippen molar-refractivity contribution in [2.24, 2.45) is 0 Å². The minimum atomic E-state index is -0.508. The van der Waals surface area contributed by atoms with Crippen LogP contribution in [-0.2, 0) is 0 Å². The van der Waals surface area contributed by atoms with Gasteiger partial charge in [-0.25, -0.2) is 4.39 Å². The number of nitrogens with one attached hydrogen (secondary N) is 1. The van der Waals surface area contributed by atoms with Crippen LogP contribution in [0, 0.1) is 16.7 Å². The van der Waals surface area contributed by atoms with Crippen molar-refractivity contribution in [2.75, 3.05) is 11.1 Å². The third-order valence-corrected chi connectivity index (χ3v) is 4.92. The van der Waals surface area contributed by atoms with Gasteiger partial charge in [-0.1, -0.05) is 41.7 Å². The molecule has 0 atom stereocenters. The Bertz CT molecular complexity index is 978. The number of benzene rings is 2. The number of anilines is 2. The van der Waals surface area contributed by atoms with Crippen LogP contribution in [-0.4, -0.2) is 10.5 Å². The van der Waals surface area contributed by atoms with E-state index in [1.165, 1.54) is 12.1 Å². The third-order valence-electron chi connectivity index (χ3n) is 3.53. The second-order valence-electron chi connectivity index (χ2n) is 5.14. The van der Waals surface area contributed by atoms with Crippen LogP contribution >= 0.6 is 23.6 Å². The molecule has 2 aromatic carbocycles. The first kappa shape index (κ1) is 16.4. The van der Waals surface area contributed by atoms with Crippen LogP contribution in [0.1, 0.15) is 15.2 Å². The Morgan fingerprint density at radius 1 is 1.21 bits per heavy atom. The van der Waals surface area contributed by atoms with Gasteiger partial charge in [0.1, 0.15) is 16.5 Å². The number of carbonyl (C=O) groups is 1. The first-order chi connectivity index (χ1) is 11.5. The van der Waals surface area contributed by atoms with Gasteiger partial charge in [0.15, 0.2) is 3.95 Å². The number of carbonyl (C=O) groups excluding carboxylic acids is 1. The van der Waals surface area contributed by atoms with E-state index in [2.05, 4.69) is 5.32 Å². The number of thiazole rings is 1. The first-order valence-electron chi connectivity index (χ1n) is 7.12. The monoisotopic (exact) mass is 359 g/mol. The van der Waals surface area contributed by atoms with E-state index >= 15 is 0 Å². The number of para-hydroxylation sites is 2. The van der Waals surface area contributed by atoms with Crippen molar-refractivity contribution in [2.45, 2.75) is 6.92 Å². The minimum Gasteiger partial charge on any atom is -0.383 e. The molecular weight excluding hydrogens is 345 g/mol. The largest absolute Gasteiger partial charge is 0.383 e. The van der Waals surface area contributed by atoms with Crippen LogP contribution in [0.2, 0.25) is 0 Å². The van der Waals surface area contributed by atoms with Crippen molar-refractivity contribution in [1.82, 2.24) is 4.57 Å². The molecule has 0 aliphatic heterocycles. The standard InChI is InChI=1S/C17H14FN3OS2/c1-10-6-2-5-9-13(10)21-15(19)14(24-17(21)23)16(22)20-12-8-4-3-7-11(12)18/h2-9H,19H2,1H3,(H,20,22). The lowest BCUT2D eigenvalue weighted by atomic mass is 10.2. The summed E-state index contributed by atoms with van der Waals surface area (Å²) in [5.74, 6) is -0.750. The molecule has 7 heteroatoms. The molecule has 24 heavy (non-hydrogen) atoms. The fourth-order valence-corrected chi connectivity index (χ4v) is 3.58. The van der Waals surface area contributed by atoms with E-state index < -0.39 is 11.7 Å². The van der Waals surface area contributed by atoms with Crippen LogP contribution < -0.4 is 11.1 Å². The number of halogens is 1. The maximum absolute atomic E-state index is 13.7. The Hall–Kier alpha value is -2.51. The van der Waals surface area contributed by atoms with Crippen molar-refractivity contribution in [1.29, 1.82) is 0 Å². The molecule has 0 spiro atoms. The van der Waals surface area contributed by atoms with E-state index in [1.54, 1.807) is 16.7 Å². The van der Waals surface area contributed by atoms with E-state index in [1.807, 2.05) is 31.2 Å². The molecule has 0 aliphatic carbocycles. The van der Waals surface area contributed by atoms with Crippen molar-refractivity contribution >= 4 is 41.0 Å². The van der Waals surface area contributed by atoms with E-state index in [4.69, 9.17) is 18.0 Å². The third kappa shape index (κ3) is 2.95. The normalized spacial score (nSPS) is 10.6. The first-order valence-corrected chi connectivity index (χ1v) is 8.34. The van der Waals surface area contributed by atoms with Gasteiger partial charge in [0.05, 0.1) is 11.4 Å². The highest BCUT2D eigenvalue weighted by Gasteiger charge is 2.19. The Kier molecular flexibility index (Phi) is 4.46. The number of hydrogen-bond donors (Lipinski definition) is 2. The molecule has 0 fully saturated rings. The molecule has 1 amide bonds. The number of hydrogen-bond acceptors (Lipinski definition) is 4. The summed E-state index contributed by atoms with van der Waals surface area (Å²) in [6, 6.07) is 13.6. The highest BCUT2D eigenvalue weighted by atomic mass is 32.1. The summed E-state index contributed by atoms with van der Waals surface area (Å²) in [4.78, 5) is 12.7. The Morgan fingerprint density at radius 3 is 2.58 bits per heavy atom. The van der Waals surface area contributed by atoms with E-state index in [0.717, 1.165) is 22.6 Å². The number of rotatable bonds is 3. The van der Waals surface area contributed by atoms with Gasteiger partial charge in [0, 0.05) is 0 Å². The Morgan fingerprint density at radius 2 is 1.88 bits per heavy atom. The van der Waals surface area contributed by atoms with Gasteiger partial charge in [0.25, 0.3) is 5.91 Å². The van der Waals surface area contributed by atoms with Gasteiger partial charge in [-0.2, -0.15) is 0 Å². The average molecular weight is 359 g/mol. The number of nitrogen functional groups attached to an aromatic ring is 1. The molecule has 0 saturated heterocycles. The van der Waals surface area contributed by atoms with E-state index in [0.29, 0.717) is 3.95 Å². The summed E-state index contributed by atoms with van der Waals surface area (Å²) in [7, 11) is 0. The predicted molar refractivity (Wildman–Crippen MR) is 98.0 cm³/mol. The maximum Gasteiger partial charge on any atom is 0.269 e. The number of nitrogens with two attached hydrogens (primary N) is 1. The molecule has 122 valence electrons. The van der Waals surface area contributed by atoms with Gasteiger partial charge in [-0.05, 0) is 42.9 Å². The fourth-order valence-electron chi connectivity index (χ4n) is 2.33. The smallest absolute Gasteiger partial charge is 0.269 e. The number of amides is 1. The molecule has 0 saturated carbocycles. The second-order valence-corrected chi connectivity index (χ2v) is 6.78. The second kappa shape index (κ2) is 6.54. The zero-order chi connectivity index (χ0) is 17.3. The molecule has 4 nitrogen and oxygen atoms in total. The van der Waals surface area contributed by atoms with Crippen LogP contribution in [0.25, 0.3) is 5.69 Å². The van der Waals surface area contributed by atoms with Crippen molar-refractivity contribution < 1.29 is 9.18 Å². The minimum absolute atomic E-state index is 0.101. The van der Waals surface area contributed by atoms with Crippen LogP contribution in [0.4, 0.5) is 15.9 Å². The lowest BCUT2D eigenvalue weighted by molar-refractivity contribution is 0.103. The fraction of sp³-hybridized carbons (Fsp3) is 0.0588. The van der Waals surface area contributed by atoms with Gasteiger partial charge in [-0.15, -0.1) is 0 Å². The SMILES string of the molecule is Cc1ccccc1-n1c(N)c(C(=O)Nc2ccccc2F)sc1=S. The van der Waals surface area contributed by atoms with Gasteiger partial charge in [0.2, 0.25) is 0 Å². The highest BCUT2D eigenvalue weighted by molar-refractivity contribution is 7.73. The summed E-state index contributed by atoms with van der Waals surface area (Å²) >= 11 is 6.46. The molecule has 3 N–H and O–H groups in total. The molecule has 1 heterocycles. The predicted octanol–water partition coefficient (Wildman–Crippen LogP) is 4.55. The zero-order valence-corrected chi connectivity index (χ0v) is 14.4. The van der Waals surface area contributed by atoms with Crippen molar-refractivity contribution in [3.8, 4) is 5.69 Å². The molecule has 1 aromatic heterocycles. The van der Waals surface area contributed by atoms with E-state index in [9.17, 15) is 9.18 Å². The van der Waals surface area contributed by atoms with Gasteiger partial charge >= 0.3 is 0 Å². The molecule has 0 aliphatic rings. The van der Waals surface area contributed by atoms with Crippen LogP contribution in [0.15, 0.2) is 48.5 Å². The lowest BCUT2D eigenvalue weighted by Gasteiger charge is -2.09. The van der Waals surface area contributed by atoms with Crippen LogP contribution in [0.5, 0.6) is 0 Å². The quantitative estimate of drug-likeness (QED) is 0.675. The molecule has 0 radical (unpaired) electrons. The maximum atomic E-state index is 13.7. The van der Waals surface area contributed by atoms with E-state index in [-0.39, 0.29) is 16.4 Å². The number of aromatic nitrogens is 1. The molecule has 0 unspecified atom stereocenters. The molecule has 3 rings (SSSR count).